The number of carbonyl (C=O) groups is 1. The Bertz CT molecular complexity index is 1300. The van der Waals surface area contributed by atoms with Crippen LogP contribution in [0.1, 0.15) is 53.1 Å². The largest absolute Gasteiger partial charge is 0.497 e. The number of ether oxygens (including phenoxy) is 1. The van der Waals surface area contributed by atoms with Gasteiger partial charge in [0, 0.05) is 24.6 Å². The van der Waals surface area contributed by atoms with Gasteiger partial charge in [-0.2, -0.15) is 0 Å². The molecule has 0 bridgehead atoms. The number of piperidine rings is 1. The summed E-state index contributed by atoms with van der Waals surface area (Å²) in [6, 6.07) is 15.1. The molecule has 0 radical (unpaired) electrons. The summed E-state index contributed by atoms with van der Waals surface area (Å²) >= 11 is 0. The van der Waals surface area contributed by atoms with Crippen molar-refractivity contribution >= 4 is 5.91 Å². The fraction of sp³-hybridized carbons (Fsp3) is 0.269. The van der Waals surface area contributed by atoms with Crippen LogP contribution in [0.2, 0.25) is 0 Å². The zero-order chi connectivity index (χ0) is 23.5. The van der Waals surface area contributed by atoms with Gasteiger partial charge in [0.15, 0.2) is 0 Å². The lowest BCUT2D eigenvalue weighted by atomic mass is 10.0. The number of nitrogens with zero attached hydrogens (tertiary/aromatic N) is 3. The van der Waals surface area contributed by atoms with Crippen molar-refractivity contribution in [3.8, 4) is 17.0 Å². The summed E-state index contributed by atoms with van der Waals surface area (Å²) in [5.74, 6) is 1.45. The fourth-order valence-corrected chi connectivity index (χ4v) is 4.27. The normalized spacial score (nSPS) is 15.9. The Labute approximate surface area is 196 Å². The highest BCUT2D eigenvalue weighted by Crippen LogP contribution is 2.33. The summed E-state index contributed by atoms with van der Waals surface area (Å²) in [6.07, 6.45) is 4.87. The molecular formula is C26H24FN3O4. The first-order valence-corrected chi connectivity index (χ1v) is 11.2. The highest BCUT2D eigenvalue weighted by atomic mass is 19.1. The number of benzene rings is 2. The maximum absolute atomic E-state index is 13.6. The minimum absolute atomic E-state index is 0.106. The van der Waals surface area contributed by atoms with Crippen molar-refractivity contribution in [1.82, 2.24) is 15.0 Å². The van der Waals surface area contributed by atoms with E-state index in [1.165, 1.54) is 12.1 Å². The van der Waals surface area contributed by atoms with Crippen LogP contribution in [-0.4, -0.2) is 34.6 Å². The molecule has 1 amide bonds. The van der Waals surface area contributed by atoms with Crippen LogP contribution in [0, 0.1) is 5.82 Å². The number of halogens is 1. The molecule has 1 aliphatic heterocycles. The van der Waals surface area contributed by atoms with Crippen LogP contribution in [0.15, 0.2) is 69.7 Å². The number of rotatable bonds is 6. The number of oxazole rings is 1. The maximum atomic E-state index is 13.6. The van der Waals surface area contributed by atoms with Gasteiger partial charge in [0.25, 0.3) is 5.91 Å². The number of amides is 1. The lowest BCUT2D eigenvalue weighted by Crippen LogP contribution is -2.38. The number of methoxy groups -OCH3 is 1. The van der Waals surface area contributed by atoms with Crippen LogP contribution >= 0.6 is 0 Å². The van der Waals surface area contributed by atoms with Crippen LogP contribution in [0.3, 0.4) is 0 Å². The van der Waals surface area contributed by atoms with Gasteiger partial charge in [-0.25, -0.2) is 9.37 Å². The summed E-state index contributed by atoms with van der Waals surface area (Å²) in [5, 5.41) is 3.97. The van der Waals surface area contributed by atoms with Crippen molar-refractivity contribution < 1.29 is 22.9 Å². The van der Waals surface area contributed by atoms with Crippen LogP contribution in [0.25, 0.3) is 11.3 Å². The second-order valence-electron chi connectivity index (χ2n) is 8.29. The average Bonchev–Trinajstić information content (AvgIpc) is 3.54. The first-order valence-electron chi connectivity index (χ1n) is 11.2. The van der Waals surface area contributed by atoms with Crippen LogP contribution < -0.4 is 4.74 Å². The molecule has 1 aliphatic rings. The minimum Gasteiger partial charge on any atom is -0.497 e. The van der Waals surface area contributed by atoms with E-state index in [4.69, 9.17) is 13.7 Å². The highest BCUT2D eigenvalue weighted by molar-refractivity contribution is 5.92. The molecule has 7 nitrogen and oxygen atoms in total. The van der Waals surface area contributed by atoms with Gasteiger partial charge in [-0.1, -0.05) is 29.4 Å². The van der Waals surface area contributed by atoms with Gasteiger partial charge in [0.1, 0.15) is 29.1 Å². The predicted molar refractivity (Wildman–Crippen MR) is 122 cm³/mol. The van der Waals surface area contributed by atoms with E-state index in [1.54, 1.807) is 36.4 Å². The molecule has 0 N–H and O–H groups in total. The Balaban J connectivity index is 1.34. The second kappa shape index (κ2) is 9.51. The molecule has 8 heteroatoms. The average molecular weight is 461 g/mol. The molecule has 0 aliphatic carbocycles. The predicted octanol–water partition coefficient (Wildman–Crippen LogP) is 5.44. The minimum atomic E-state index is -0.377. The maximum Gasteiger partial charge on any atom is 0.293 e. The van der Waals surface area contributed by atoms with E-state index in [1.807, 2.05) is 24.3 Å². The molecule has 1 atom stereocenters. The zero-order valence-electron chi connectivity index (χ0n) is 18.7. The fourth-order valence-electron chi connectivity index (χ4n) is 4.27. The number of likely N-dealkylation sites (tertiary alicyclic amines) is 1. The van der Waals surface area contributed by atoms with E-state index in [-0.39, 0.29) is 23.5 Å². The third-order valence-corrected chi connectivity index (χ3v) is 5.97. The monoisotopic (exact) mass is 461 g/mol. The summed E-state index contributed by atoms with van der Waals surface area (Å²) < 4.78 is 30.3. The smallest absolute Gasteiger partial charge is 0.293 e. The van der Waals surface area contributed by atoms with Crippen molar-refractivity contribution in [2.45, 2.75) is 31.7 Å². The van der Waals surface area contributed by atoms with Crippen LogP contribution in [0.4, 0.5) is 4.39 Å². The first-order chi connectivity index (χ1) is 16.6. The van der Waals surface area contributed by atoms with E-state index in [9.17, 15) is 9.18 Å². The first kappa shape index (κ1) is 21.9. The topological polar surface area (TPSA) is 81.6 Å². The van der Waals surface area contributed by atoms with Gasteiger partial charge < -0.3 is 18.6 Å². The molecule has 0 saturated carbocycles. The quantitative estimate of drug-likeness (QED) is 0.381. The SMILES string of the molecule is COc1cccc(Cc2cnc([C@H]3CCCCN3C(=O)c3cc(-c4cccc(F)c4)no3)o2)c1. The Morgan fingerprint density at radius 3 is 2.91 bits per heavy atom. The molecule has 0 spiro atoms. The molecule has 0 unspecified atom stereocenters. The van der Waals surface area contributed by atoms with Crippen molar-refractivity contribution in [3.63, 3.8) is 0 Å². The van der Waals surface area contributed by atoms with E-state index in [0.29, 0.717) is 35.9 Å². The number of hydrogen-bond acceptors (Lipinski definition) is 6. The number of hydrogen-bond donors (Lipinski definition) is 0. The van der Waals surface area contributed by atoms with E-state index in [0.717, 1.165) is 30.6 Å². The Morgan fingerprint density at radius 2 is 2.06 bits per heavy atom. The van der Waals surface area contributed by atoms with Crippen molar-refractivity contribution in [3.05, 3.63) is 89.6 Å². The summed E-state index contributed by atoms with van der Waals surface area (Å²) in [6.45, 7) is 0.563. The Morgan fingerprint density at radius 1 is 1.18 bits per heavy atom. The van der Waals surface area contributed by atoms with Crippen LogP contribution in [0.5, 0.6) is 5.75 Å². The van der Waals surface area contributed by atoms with Gasteiger partial charge >= 0.3 is 0 Å². The van der Waals surface area contributed by atoms with Gasteiger partial charge in [-0.05, 0) is 49.1 Å². The second-order valence-corrected chi connectivity index (χ2v) is 8.29. The molecule has 5 rings (SSSR count). The van der Waals surface area contributed by atoms with E-state index >= 15 is 0 Å². The van der Waals surface area contributed by atoms with E-state index < -0.39 is 0 Å². The molecule has 174 valence electrons. The lowest BCUT2D eigenvalue weighted by molar-refractivity contribution is 0.0528. The van der Waals surface area contributed by atoms with Crippen molar-refractivity contribution in [2.75, 3.05) is 13.7 Å². The standard InChI is InChI=1S/C26H24FN3O4/c1-32-20-9-4-6-17(12-20)13-21-16-28-25(33-21)23-10-2-3-11-30(23)26(31)24-15-22(29-34-24)18-7-5-8-19(27)14-18/h4-9,12,14-16,23H,2-3,10-11,13H2,1H3/t23-/m1/s1. The van der Waals surface area contributed by atoms with Crippen molar-refractivity contribution in [2.24, 2.45) is 0 Å². The summed E-state index contributed by atoms with van der Waals surface area (Å²) in [7, 11) is 1.63. The Hall–Kier alpha value is -3.94. The molecule has 2 aromatic carbocycles. The molecule has 34 heavy (non-hydrogen) atoms. The third kappa shape index (κ3) is 4.57. The van der Waals surface area contributed by atoms with Gasteiger partial charge in [-0.3, -0.25) is 4.79 Å². The molecule has 2 aromatic heterocycles. The zero-order valence-corrected chi connectivity index (χ0v) is 18.7. The molecule has 1 fully saturated rings. The Kier molecular flexibility index (Phi) is 6.12. The number of carbonyl (C=O) groups excluding carboxylic acids is 1. The van der Waals surface area contributed by atoms with Gasteiger partial charge in [0.05, 0.1) is 13.3 Å². The lowest BCUT2D eigenvalue weighted by Gasteiger charge is -2.32. The molecule has 3 heterocycles. The van der Waals surface area contributed by atoms with Crippen molar-refractivity contribution in [1.29, 1.82) is 0 Å². The summed E-state index contributed by atoms with van der Waals surface area (Å²) in [4.78, 5) is 19.5. The number of aromatic nitrogens is 2. The van der Waals surface area contributed by atoms with E-state index in [2.05, 4.69) is 10.1 Å². The highest BCUT2D eigenvalue weighted by Gasteiger charge is 2.34. The van der Waals surface area contributed by atoms with Crippen LogP contribution in [-0.2, 0) is 6.42 Å². The third-order valence-electron chi connectivity index (χ3n) is 5.97. The van der Waals surface area contributed by atoms with Gasteiger partial charge in [-0.15, -0.1) is 0 Å². The molecular weight excluding hydrogens is 437 g/mol. The molecule has 4 aromatic rings. The van der Waals surface area contributed by atoms with Gasteiger partial charge in [0.2, 0.25) is 11.7 Å². The molecule has 1 saturated heterocycles. The summed E-state index contributed by atoms with van der Waals surface area (Å²) in [5.41, 5.74) is 2.01.